The molecule has 32 heavy (non-hydrogen) atoms. The summed E-state index contributed by atoms with van der Waals surface area (Å²) in [6.07, 6.45) is 0.0812. The van der Waals surface area contributed by atoms with Crippen molar-refractivity contribution in [2.45, 2.75) is 17.7 Å². The highest BCUT2D eigenvalue weighted by atomic mass is 32.2. The highest BCUT2D eigenvalue weighted by Crippen LogP contribution is 2.43. The lowest BCUT2D eigenvalue weighted by molar-refractivity contribution is -0.117. The van der Waals surface area contributed by atoms with Gasteiger partial charge in [-0.25, -0.2) is 8.42 Å². The molecule has 0 saturated carbocycles. The van der Waals surface area contributed by atoms with E-state index in [9.17, 15) is 13.2 Å². The number of aliphatic imine (C=N–C) groups is 1. The van der Waals surface area contributed by atoms with Gasteiger partial charge in [0.15, 0.2) is 26.5 Å². The van der Waals surface area contributed by atoms with Crippen molar-refractivity contribution in [2.24, 2.45) is 4.99 Å². The monoisotopic (exact) mass is 476 g/mol. The Kier molecular flexibility index (Phi) is 6.34. The van der Waals surface area contributed by atoms with Crippen molar-refractivity contribution in [3.05, 3.63) is 48.0 Å². The van der Waals surface area contributed by atoms with Crippen molar-refractivity contribution in [3.63, 3.8) is 0 Å². The minimum absolute atomic E-state index is 0.0194. The molecule has 2 fully saturated rings. The highest BCUT2D eigenvalue weighted by molar-refractivity contribution is 8.16. The van der Waals surface area contributed by atoms with E-state index in [0.29, 0.717) is 28.1 Å². The minimum atomic E-state index is -3.15. The number of thioether (sulfide) groups is 1. The number of benzene rings is 2. The van der Waals surface area contributed by atoms with Gasteiger partial charge in [-0.2, -0.15) is 4.99 Å². The van der Waals surface area contributed by atoms with Gasteiger partial charge >= 0.3 is 0 Å². The smallest absolute Gasteiger partial charge is 0.252 e. The summed E-state index contributed by atoms with van der Waals surface area (Å²) in [4.78, 5) is 19.1. The van der Waals surface area contributed by atoms with Gasteiger partial charge in [0.2, 0.25) is 0 Å². The summed E-state index contributed by atoms with van der Waals surface area (Å²) >= 11 is 1.33. The first-order valence-corrected chi connectivity index (χ1v) is 12.7. The second kappa shape index (κ2) is 9.03. The van der Waals surface area contributed by atoms with E-state index in [-0.39, 0.29) is 35.1 Å². The maximum Gasteiger partial charge on any atom is 0.252 e. The normalized spacial score (nSPS) is 22.6. The predicted molar refractivity (Wildman–Crippen MR) is 125 cm³/mol. The van der Waals surface area contributed by atoms with E-state index in [4.69, 9.17) is 14.2 Å². The number of sulfone groups is 1. The molecule has 0 spiro atoms. The number of rotatable bonds is 6. The van der Waals surface area contributed by atoms with Crippen molar-refractivity contribution < 1.29 is 27.4 Å². The predicted octanol–water partition coefficient (Wildman–Crippen LogP) is 2.56. The third kappa shape index (κ3) is 4.42. The first-order valence-electron chi connectivity index (χ1n) is 9.97. The van der Waals surface area contributed by atoms with Crippen LogP contribution < -0.4 is 19.1 Å². The molecule has 2 saturated heterocycles. The Hall–Kier alpha value is -2.72. The molecule has 8 nitrogen and oxygen atoms in total. The summed E-state index contributed by atoms with van der Waals surface area (Å²) in [6.45, 7) is 0. The number of ether oxygens (including phenoxy) is 3. The molecule has 2 aromatic carbocycles. The van der Waals surface area contributed by atoms with Gasteiger partial charge in [0, 0.05) is 5.25 Å². The lowest BCUT2D eigenvalue weighted by Gasteiger charge is -2.26. The molecule has 0 N–H and O–H groups in total. The molecule has 170 valence electrons. The van der Waals surface area contributed by atoms with Crippen LogP contribution in [0.2, 0.25) is 0 Å². The van der Waals surface area contributed by atoms with E-state index < -0.39 is 9.84 Å². The Labute approximate surface area is 191 Å². The van der Waals surface area contributed by atoms with Gasteiger partial charge < -0.3 is 19.1 Å². The van der Waals surface area contributed by atoms with Crippen LogP contribution in [0.5, 0.6) is 17.2 Å². The fourth-order valence-electron chi connectivity index (χ4n) is 3.99. The molecule has 2 aliphatic rings. The zero-order chi connectivity index (χ0) is 22.9. The van der Waals surface area contributed by atoms with Crippen molar-refractivity contribution in [3.8, 4) is 17.2 Å². The zero-order valence-corrected chi connectivity index (χ0v) is 19.6. The summed E-state index contributed by atoms with van der Waals surface area (Å²) in [5.74, 6) is 1.47. The molecule has 0 unspecified atom stereocenters. The van der Waals surface area contributed by atoms with Crippen LogP contribution in [0, 0.1) is 0 Å². The summed E-state index contributed by atoms with van der Waals surface area (Å²) in [6, 6.07) is 12.3. The van der Waals surface area contributed by atoms with Gasteiger partial charge in [0.05, 0.1) is 51.0 Å². The van der Waals surface area contributed by atoms with E-state index in [1.807, 2.05) is 23.1 Å². The number of anilines is 1. The second-order valence-electron chi connectivity index (χ2n) is 7.50. The van der Waals surface area contributed by atoms with Crippen molar-refractivity contribution in [1.82, 2.24) is 0 Å². The van der Waals surface area contributed by atoms with Crippen molar-refractivity contribution in [1.29, 1.82) is 0 Å². The van der Waals surface area contributed by atoms with Gasteiger partial charge in [-0.3, -0.25) is 4.79 Å². The van der Waals surface area contributed by atoms with Crippen LogP contribution in [0.25, 0.3) is 0 Å². The third-order valence-corrected chi connectivity index (χ3v) is 8.64. The van der Waals surface area contributed by atoms with Crippen molar-refractivity contribution >= 4 is 38.4 Å². The average molecular weight is 477 g/mol. The molecule has 2 heterocycles. The van der Waals surface area contributed by atoms with Crippen LogP contribution in [-0.2, 0) is 21.1 Å². The maximum atomic E-state index is 12.9. The Balaban J connectivity index is 1.64. The Bertz CT molecular complexity index is 1160. The van der Waals surface area contributed by atoms with Gasteiger partial charge in [-0.05, 0) is 29.8 Å². The zero-order valence-electron chi connectivity index (χ0n) is 18.0. The number of amidine groups is 1. The van der Waals surface area contributed by atoms with Crippen LogP contribution in [0.3, 0.4) is 0 Å². The van der Waals surface area contributed by atoms with Gasteiger partial charge in [0.25, 0.3) is 5.91 Å². The van der Waals surface area contributed by atoms with E-state index in [1.165, 1.54) is 18.9 Å². The lowest BCUT2D eigenvalue weighted by atomic mass is 10.1. The molecule has 10 heteroatoms. The van der Waals surface area contributed by atoms with E-state index in [2.05, 4.69) is 4.99 Å². The molecule has 2 aliphatic heterocycles. The maximum absolute atomic E-state index is 12.9. The molecule has 2 aromatic rings. The molecule has 1 amide bonds. The van der Waals surface area contributed by atoms with Crippen LogP contribution in [-0.4, -0.2) is 63.6 Å². The summed E-state index contributed by atoms with van der Waals surface area (Å²) in [5, 5.41) is 0.308. The number of fused-ring (bicyclic) bond motifs is 1. The van der Waals surface area contributed by atoms with Crippen LogP contribution in [0.1, 0.15) is 5.56 Å². The number of carbonyl (C=O) groups is 1. The highest BCUT2D eigenvalue weighted by Gasteiger charge is 2.50. The Morgan fingerprint density at radius 3 is 2.47 bits per heavy atom. The first kappa shape index (κ1) is 22.5. The lowest BCUT2D eigenvalue weighted by Crippen LogP contribution is -2.38. The average Bonchev–Trinajstić information content (AvgIpc) is 3.23. The van der Waals surface area contributed by atoms with Crippen molar-refractivity contribution in [2.75, 3.05) is 37.7 Å². The number of para-hydroxylation sites is 2. The van der Waals surface area contributed by atoms with Crippen LogP contribution in [0.4, 0.5) is 5.69 Å². The molecule has 0 bridgehead atoms. The van der Waals surface area contributed by atoms with Crippen LogP contribution >= 0.6 is 11.8 Å². The molecular formula is C22H24N2O6S2. The molecule has 4 rings (SSSR count). The summed E-state index contributed by atoms with van der Waals surface area (Å²) in [5.41, 5.74) is 1.44. The molecule has 0 aliphatic carbocycles. The number of hydrogen-bond acceptors (Lipinski definition) is 7. The minimum Gasteiger partial charge on any atom is -0.495 e. The molecule has 2 atom stereocenters. The summed E-state index contributed by atoms with van der Waals surface area (Å²) in [7, 11) is 1.50. The third-order valence-electron chi connectivity index (χ3n) is 5.43. The number of nitrogens with zero attached hydrogens (tertiary/aromatic N) is 2. The van der Waals surface area contributed by atoms with E-state index in [0.717, 1.165) is 5.56 Å². The molecule has 0 aromatic heterocycles. The first-order chi connectivity index (χ1) is 15.3. The Morgan fingerprint density at radius 1 is 1.03 bits per heavy atom. The number of carbonyl (C=O) groups excluding carboxylic acids is 1. The molecular weight excluding hydrogens is 452 g/mol. The quantitative estimate of drug-likeness (QED) is 0.628. The van der Waals surface area contributed by atoms with Gasteiger partial charge in [0.1, 0.15) is 5.75 Å². The molecule has 0 radical (unpaired) electrons. The fourth-order valence-corrected chi connectivity index (χ4v) is 7.91. The summed E-state index contributed by atoms with van der Waals surface area (Å²) < 4.78 is 40.6. The second-order valence-corrected chi connectivity index (χ2v) is 10.9. The standard InChI is InChI=1S/C22H24N2O6S2/c1-28-17-7-5-4-6-15(17)24-16-12-32(26,27)13-20(16)31-22(24)23-21(25)11-14-8-9-18(29-2)19(10-14)30-3/h4-10,16,20H,11-13H2,1-3H3/t16-,20-/m0/s1. The number of amides is 1. The van der Waals surface area contributed by atoms with Crippen LogP contribution in [0.15, 0.2) is 47.5 Å². The largest absolute Gasteiger partial charge is 0.495 e. The van der Waals surface area contributed by atoms with Gasteiger partial charge in [-0.15, -0.1) is 0 Å². The van der Waals surface area contributed by atoms with E-state index >= 15 is 0 Å². The Morgan fingerprint density at radius 2 is 1.75 bits per heavy atom. The number of methoxy groups -OCH3 is 3. The SMILES string of the molecule is COc1ccc(CC(=O)N=C2S[C@H]3CS(=O)(=O)C[C@@H]3N2c2ccccc2OC)cc1OC. The van der Waals surface area contributed by atoms with E-state index in [1.54, 1.807) is 38.5 Å². The topological polar surface area (TPSA) is 94.5 Å². The van der Waals surface area contributed by atoms with Gasteiger partial charge in [-0.1, -0.05) is 30.0 Å². The fraction of sp³-hybridized carbons (Fsp3) is 0.364. The number of hydrogen-bond donors (Lipinski definition) is 0.